The first-order chi connectivity index (χ1) is 4.33. The first kappa shape index (κ1) is 6.31. The van der Waals surface area contributed by atoms with Crippen molar-refractivity contribution in [1.82, 2.24) is 4.98 Å². The van der Waals surface area contributed by atoms with Gasteiger partial charge >= 0.3 is 0 Å². The van der Waals surface area contributed by atoms with Gasteiger partial charge in [-0.15, -0.1) is 17.3 Å². The molecule has 0 aliphatic carbocycles. The Labute approximate surface area is 58.8 Å². The molecule has 0 aliphatic rings. The molecule has 0 amide bonds. The van der Waals surface area contributed by atoms with Crippen molar-refractivity contribution in [3.8, 4) is 11.8 Å². The zero-order valence-electron chi connectivity index (χ0n) is 5.43. The Bertz CT molecular complexity index is 251. The summed E-state index contributed by atoms with van der Waals surface area (Å²) in [6, 6.07) is 0. The van der Waals surface area contributed by atoms with E-state index < -0.39 is 0 Å². The van der Waals surface area contributed by atoms with Crippen molar-refractivity contribution in [2.45, 2.75) is 13.8 Å². The molecule has 0 unspecified atom stereocenters. The first-order valence-electron chi connectivity index (χ1n) is 2.68. The van der Waals surface area contributed by atoms with Gasteiger partial charge in [0, 0.05) is 0 Å². The largest absolute Gasteiger partial charge is 0.249 e. The van der Waals surface area contributed by atoms with Gasteiger partial charge in [-0.25, -0.2) is 4.98 Å². The average molecular weight is 137 g/mol. The average Bonchev–Trinajstić information content (AvgIpc) is 2.17. The molecular formula is C7H7NS. The predicted octanol–water partition coefficient (Wildman–Crippen LogP) is 1.82. The first-order valence-corrected chi connectivity index (χ1v) is 3.50. The maximum absolute atomic E-state index is 4.05. The number of thiazole rings is 1. The Kier molecular flexibility index (Phi) is 1.86. The highest BCUT2D eigenvalue weighted by Gasteiger charge is 1.90. The minimum atomic E-state index is 1.05. The van der Waals surface area contributed by atoms with Crippen LogP contribution in [0.5, 0.6) is 0 Å². The quantitative estimate of drug-likeness (QED) is 0.497. The van der Waals surface area contributed by atoms with E-state index in [0.717, 1.165) is 9.88 Å². The highest BCUT2D eigenvalue weighted by molar-refractivity contribution is 7.12. The number of rotatable bonds is 0. The fourth-order valence-electron chi connectivity index (χ4n) is 0.542. The zero-order chi connectivity index (χ0) is 6.69. The van der Waals surface area contributed by atoms with Gasteiger partial charge in [0.25, 0.3) is 0 Å². The summed E-state index contributed by atoms with van der Waals surface area (Å²) in [4.78, 5) is 5.10. The molecule has 1 heterocycles. The van der Waals surface area contributed by atoms with Crippen molar-refractivity contribution in [2.24, 2.45) is 0 Å². The Morgan fingerprint density at radius 3 is 2.89 bits per heavy atom. The van der Waals surface area contributed by atoms with E-state index >= 15 is 0 Å². The van der Waals surface area contributed by atoms with Crippen LogP contribution in [0.15, 0.2) is 6.20 Å². The summed E-state index contributed by atoms with van der Waals surface area (Å²) in [6.07, 6.45) is 1.80. The summed E-state index contributed by atoms with van der Waals surface area (Å²) in [5.74, 6) is 5.75. The summed E-state index contributed by atoms with van der Waals surface area (Å²) >= 11 is 1.63. The van der Waals surface area contributed by atoms with Crippen LogP contribution in [0.3, 0.4) is 0 Å². The van der Waals surface area contributed by atoms with Crippen LogP contribution in [0.1, 0.15) is 16.8 Å². The number of aromatic nitrogens is 1. The molecule has 0 saturated carbocycles. The summed E-state index contributed by atoms with van der Waals surface area (Å²) in [7, 11) is 0. The predicted molar refractivity (Wildman–Crippen MR) is 39.4 cm³/mol. The molecule has 0 saturated heterocycles. The van der Waals surface area contributed by atoms with Crippen LogP contribution in [0, 0.1) is 18.8 Å². The molecule has 9 heavy (non-hydrogen) atoms. The van der Waals surface area contributed by atoms with Gasteiger partial charge in [-0.2, -0.15) is 0 Å². The second-order valence-electron chi connectivity index (χ2n) is 1.62. The molecular weight excluding hydrogens is 130 g/mol. The van der Waals surface area contributed by atoms with Crippen molar-refractivity contribution in [2.75, 3.05) is 0 Å². The highest BCUT2D eigenvalue weighted by atomic mass is 32.1. The third-order valence-electron chi connectivity index (χ3n) is 0.869. The van der Waals surface area contributed by atoms with E-state index in [1.165, 1.54) is 0 Å². The van der Waals surface area contributed by atoms with Gasteiger partial charge in [0.1, 0.15) is 0 Å². The van der Waals surface area contributed by atoms with E-state index in [2.05, 4.69) is 16.8 Å². The molecule has 0 radical (unpaired) electrons. The summed E-state index contributed by atoms with van der Waals surface area (Å²) in [5, 5.41) is 1.08. The standard InChI is InChI=1S/C7H7NS/c1-3-4-7-5-8-6(2)9-7/h5H,1-2H3. The van der Waals surface area contributed by atoms with Crippen LogP contribution >= 0.6 is 11.3 Å². The Morgan fingerprint density at radius 1 is 1.67 bits per heavy atom. The summed E-state index contributed by atoms with van der Waals surface area (Å²) in [6.45, 7) is 3.81. The number of aryl methyl sites for hydroxylation is 1. The van der Waals surface area contributed by atoms with E-state index in [9.17, 15) is 0 Å². The Morgan fingerprint density at radius 2 is 2.44 bits per heavy atom. The van der Waals surface area contributed by atoms with E-state index in [4.69, 9.17) is 0 Å². The lowest BCUT2D eigenvalue weighted by molar-refractivity contribution is 1.30. The molecule has 2 heteroatoms. The summed E-state index contributed by atoms with van der Waals surface area (Å²) < 4.78 is 0. The van der Waals surface area contributed by atoms with Gasteiger partial charge in [0.15, 0.2) is 0 Å². The fraction of sp³-hybridized carbons (Fsp3) is 0.286. The van der Waals surface area contributed by atoms with E-state index in [-0.39, 0.29) is 0 Å². The highest BCUT2D eigenvalue weighted by Crippen LogP contribution is 2.08. The molecule has 1 nitrogen and oxygen atoms in total. The van der Waals surface area contributed by atoms with Gasteiger partial charge < -0.3 is 0 Å². The molecule has 0 bridgehead atoms. The lowest BCUT2D eigenvalue weighted by atomic mass is 10.5. The second-order valence-corrected chi connectivity index (χ2v) is 2.85. The zero-order valence-corrected chi connectivity index (χ0v) is 6.25. The van der Waals surface area contributed by atoms with Crippen molar-refractivity contribution in [1.29, 1.82) is 0 Å². The van der Waals surface area contributed by atoms with Crippen LogP contribution < -0.4 is 0 Å². The van der Waals surface area contributed by atoms with Crippen molar-refractivity contribution < 1.29 is 0 Å². The molecule has 0 aromatic carbocycles. The van der Waals surface area contributed by atoms with Crippen LogP contribution in [0.4, 0.5) is 0 Å². The van der Waals surface area contributed by atoms with E-state index in [1.807, 2.05) is 13.8 Å². The van der Waals surface area contributed by atoms with Crippen molar-refractivity contribution >= 4 is 11.3 Å². The SMILES string of the molecule is CC#Cc1cnc(C)s1. The van der Waals surface area contributed by atoms with Gasteiger partial charge in [-0.1, -0.05) is 5.92 Å². The molecule has 0 aliphatic heterocycles. The molecule has 0 spiro atoms. The number of nitrogens with zero attached hydrogens (tertiary/aromatic N) is 1. The third kappa shape index (κ3) is 1.55. The lowest BCUT2D eigenvalue weighted by Gasteiger charge is -1.70. The van der Waals surface area contributed by atoms with Gasteiger partial charge in [0.05, 0.1) is 16.1 Å². The van der Waals surface area contributed by atoms with Gasteiger partial charge in [-0.05, 0) is 13.8 Å². The molecule has 1 aromatic heterocycles. The van der Waals surface area contributed by atoms with Crippen LogP contribution in [-0.2, 0) is 0 Å². The van der Waals surface area contributed by atoms with E-state index in [1.54, 1.807) is 17.5 Å². The smallest absolute Gasteiger partial charge is 0.0969 e. The molecule has 0 N–H and O–H groups in total. The molecule has 1 rings (SSSR count). The fourth-order valence-corrected chi connectivity index (χ4v) is 1.22. The van der Waals surface area contributed by atoms with Gasteiger partial charge in [-0.3, -0.25) is 0 Å². The monoisotopic (exact) mass is 137 g/mol. The van der Waals surface area contributed by atoms with Crippen LogP contribution in [-0.4, -0.2) is 4.98 Å². The Balaban J connectivity index is 2.93. The van der Waals surface area contributed by atoms with Crippen LogP contribution in [0.25, 0.3) is 0 Å². The maximum Gasteiger partial charge on any atom is 0.0969 e. The maximum atomic E-state index is 4.05. The number of hydrogen-bond acceptors (Lipinski definition) is 2. The molecule has 0 fully saturated rings. The van der Waals surface area contributed by atoms with Crippen LogP contribution in [0.2, 0.25) is 0 Å². The lowest BCUT2D eigenvalue weighted by Crippen LogP contribution is -1.58. The molecule has 1 aromatic rings. The van der Waals surface area contributed by atoms with E-state index in [0.29, 0.717) is 0 Å². The van der Waals surface area contributed by atoms with Gasteiger partial charge in [0.2, 0.25) is 0 Å². The van der Waals surface area contributed by atoms with Crippen molar-refractivity contribution in [3.63, 3.8) is 0 Å². The molecule has 0 atom stereocenters. The minimum Gasteiger partial charge on any atom is -0.249 e. The Hall–Kier alpha value is -0.810. The van der Waals surface area contributed by atoms with Crippen molar-refractivity contribution in [3.05, 3.63) is 16.1 Å². The molecule has 46 valence electrons. The summed E-state index contributed by atoms with van der Waals surface area (Å²) in [5.41, 5.74) is 0. The third-order valence-corrected chi connectivity index (χ3v) is 1.70. The minimum absolute atomic E-state index is 1.05. The number of hydrogen-bond donors (Lipinski definition) is 0. The topological polar surface area (TPSA) is 12.9 Å². The second kappa shape index (κ2) is 2.65. The normalized spacial score (nSPS) is 8.22.